The fourth-order valence-corrected chi connectivity index (χ4v) is 2.02. The van der Waals surface area contributed by atoms with Gasteiger partial charge >= 0.3 is 0 Å². The third kappa shape index (κ3) is 2.48. The van der Waals surface area contributed by atoms with Crippen molar-refractivity contribution in [2.24, 2.45) is 0 Å². The summed E-state index contributed by atoms with van der Waals surface area (Å²) in [6.45, 7) is 2.93. The molecule has 17 heavy (non-hydrogen) atoms. The summed E-state index contributed by atoms with van der Waals surface area (Å²) in [6, 6.07) is 10.5. The van der Waals surface area contributed by atoms with Crippen LogP contribution in [0, 0.1) is 0 Å². The molecule has 1 aliphatic heterocycles. The van der Waals surface area contributed by atoms with E-state index in [4.69, 9.17) is 4.84 Å². The number of hydroxylamine groups is 2. The lowest BCUT2D eigenvalue weighted by molar-refractivity contribution is -0.169. The van der Waals surface area contributed by atoms with Crippen LogP contribution >= 0.6 is 0 Å². The van der Waals surface area contributed by atoms with Crippen molar-refractivity contribution in [2.45, 2.75) is 19.0 Å². The number of nitrogens with zero attached hydrogens (tertiary/aromatic N) is 2. The van der Waals surface area contributed by atoms with Gasteiger partial charge in [0.1, 0.15) is 6.04 Å². The third-order valence-corrected chi connectivity index (χ3v) is 3.30. The quantitative estimate of drug-likeness (QED) is 0.584. The van der Waals surface area contributed by atoms with Gasteiger partial charge in [-0.3, -0.25) is 14.5 Å². The molecule has 1 aromatic rings. The lowest BCUT2D eigenvalue weighted by Crippen LogP contribution is -2.31. The zero-order valence-corrected chi connectivity index (χ0v) is 10.5. The lowest BCUT2D eigenvalue weighted by atomic mass is 10.1. The maximum Gasteiger partial charge on any atom is 0.264 e. The molecule has 0 radical (unpaired) electrons. The average Bonchev–Trinajstić information content (AvgIpc) is 3.17. The molecule has 0 bridgehead atoms. The van der Waals surface area contributed by atoms with Crippen LogP contribution in [0.5, 0.6) is 0 Å². The fourth-order valence-electron chi connectivity index (χ4n) is 2.02. The van der Waals surface area contributed by atoms with Crippen molar-refractivity contribution in [3.05, 3.63) is 35.9 Å². The first kappa shape index (κ1) is 12.1. The molecule has 0 aliphatic carbocycles. The molecule has 0 saturated carbocycles. The Bertz CT molecular complexity index is 394. The molecular weight excluding hydrogens is 216 g/mol. The average molecular weight is 234 g/mol. The van der Waals surface area contributed by atoms with Gasteiger partial charge in [-0.05, 0) is 12.5 Å². The van der Waals surface area contributed by atoms with Crippen molar-refractivity contribution in [2.75, 3.05) is 20.7 Å². The highest BCUT2D eigenvalue weighted by Crippen LogP contribution is 2.32. The molecule has 92 valence electrons. The van der Waals surface area contributed by atoms with Gasteiger partial charge < -0.3 is 0 Å². The van der Waals surface area contributed by atoms with Crippen molar-refractivity contribution >= 4 is 5.91 Å². The first-order valence-electron chi connectivity index (χ1n) is 5.77. The molecule has 2 rings (SSSR count). The smallest absolute Gasteiger partial charge is 0.264 e. The maximum absolute atomic E-state index is 11.8. The van der Waals surface area contributed by atoms with Crippen LogP contribution in [0.25, 0.3) is 0 Å². The van der Waals surface area contributed by atoms with Crippen LogP contribution in [0.3, 0.4) is 0 Å². The molecule has 1 heterocycles. The third-order valence-electron chi connectivity index (χ3n) is 3.30. The van der Waals surface area contributed by atoms with Gasteiger partial charge in [0, 0.05) is 19.6 Å². The monoisotopic (exact) mass is 234 g/mol. The van der Waals surface area contributed by atoms with Crippen LogP contribution in [-0.2, 0) is 9.63 Å². The molecular formula is C13H18N2O2. The zero-order valence-electron chi connectivity index (χ0n) is 10.5. The Morgan fingerprint density at radius 1 is 1.47 bits per heavy atom. The second kappa shape index (κ2) is 4.85. The Morgan fingerprint density at radius 2 is 2.12 bits per heavy atom. The van der Waals surface area contributed by atoms with Gasteiger partial charge in [0.25, 0.3) is 5.91 Å². The molecule has 0 spiro atoms. The van der Waals surface area contributed by atoms with Crippen molar-refractivity contribution in [1.29, 1.82) is 0 Å². The van der Waals surface area contributed by atoms with Crippen molar-refractivity contribution in [1.82, 2.24) is 9.96 Å². The van der Waals surface area contributed by atoms with Crippen molar-refractivity contribution in [3.8, 4) is 0 Å². The second-order valence-electron chi connectivity index (χ2n) is 4.32. The maximum atomic E-state index is 11.8. The highest BCUT2D eigenvalue weighted by atomic mass is 16.7. The molecule has 1 saturated heterocycles. The van der Waals surface area contributed by atoms with E-state index in [2.05, 4.69) is 24.0 Å². The summed E-state index contributed by atoms with van der Waals surface area (Å²) in [6.07, 6.45) is 0. The Morgan fingerprint density at radius 3 is 2.71 bits per heavy atom. The molecule has 4 nitrogen and oxygen atoms in total. The highest BCUT2D eigenvalue weighted by Gasteiger charge is 2.45. The van der Waals surface area contributed by atoms with E-state index < -0.39 is 0 Å². The summed E-state index contributed by atoms with van der Waals surface area (Å²) in [7, 11) is 3.15. The number of hydrogen-bond donors (Lipinski definition) is 0. The Kier molecular flexibility index (Phi) is 3.45. The SMILES string of the molecule is CON(C)C(=O)[C@@H]1CN1[C@H](C)c1ccccc1. The van der Waals surface area contributed by atoms with Crippen molar-refractivity contribution in [3.63, 3.8) is 0 Å². The number of likely N-dealkylation sites (N-methyl/N-ethyl adjacent to an activating group) is 1. The number of hydrogen-bond acceptors (Lipinski definition) is 3. The molecule has 3 atom stereocenters. The lowest BCUT2D eigenvalue weighted by Gasteiger charge is -2.17. The van der Waals surface area contributed by atoms with Crippen LogP contribution in [0.2, 0.25) is 0 Å². The van der Waals surface area contributed by atoms with Gasteiger partial charge in [0.05, 0.1) is 7.11 Å². The van der Waals surface area contributed by atoms with Crippen LogP contribution in [0.4, 0.5) is 0 Å². The van der Waals surface area contributed by atoms with Crippen LogP contribution < -0.4 is 0 Å². The minimum atomic E-state index is -0.0323. The summed E-state index contributed by atoms with van der Waals surface area (Å²) in [4.78, 5) is 18.9. The summed E-state index contributed by atoms with van der Waals surface area (Å²) in [5, 5.41) is 1.29. The summed E-state index contributed by atoms with van der Waals surface area (Å²) in [5.74, 6) is 0.0234. The zero-order chi connectivity index (χ0) is 12.4. The van der Waals surface area contributed by atoms with E-state index in [1.165, 1.54) is 17.7 Å². The number of carbonyl (C=O) groups is 1. The number of amides is 1. The molecule has 1 fully saturated rings. The predicted molar refractivity (Wildman–Crippen MR) is 65.1 cm³/mol. The van der Waals surface area contributed by atoms with Gasteiger partial charge in [-0.1, -0.05) is 30.3 Å². The number of carbonyl (C=O) groups excluding carboxylic acids is 1. The molecule has 1 aromatic carbocycles. The van der Waals surface area contributed by atoms with E-state index in [-0.39, 0.29) is 18.0 Å². The first-order valence-corrected chi connectivity index (χ1v) is 5.77. The Balaban J connectivity index is 1.97. The molecule has 1 unspecified atom stereocenters. The van der Waals surface area contributed by atoms with E-state index in [0.29, 0.717) is 0 Å². The predicted octanol–water partition coefficient (Wildman–Crippen LogP) is 1.45. The van der Waals surface area contributed by atoms with E-state index in [1.807, 2.05) is 18.2 Å². The number of rotatable bonds is 4. The van der Waals surface area contributed by atoms with Gasteiger partial charge in [-0.15, -0.1) is 0 Å². The van der Waals surface area contributed by atoms with E-state index >= 15 is 0 Å². The van der Waals surface area contributed by atoms with Crippen molar-refractivity contribution < 1.29 is 9.63 Å². The molecule has 1 amide bonds. The summed E-state index contributed by atoms with van der Waals surface area (Å²) >= 11 is 0. The van der Waals surface area contributed by atoms with Gasteiger partial charge in [0.2, 0.25) is 0 Å². The molecule has 4 heteroatoms. The summed E-state index contributed by atoms with van der Waals surface area (Å²) in [5.41, 5.74) is 1.24. The minimum absolute atomic E-state index is 0.0234. The summed E-state index contributed by atoms with van der Waals surface area (Å²) < 4.78 is 0. The van der Waals surface area contributed by atoms with Gasteiger partial charge in [-0.2, -0.15) is 0 Å². The van der Waals surface area contributed by atoms with Crippen LogP contribution in [0.15, 0.2) is 30.3 Å². The largest absolute Gasteiger partial charge is 0.282 e. The normalized spacial score (nSPS) is 24.2. The van der Waals surface area contributed by atoms with Gasteiger partial charge in [-0.25, -0.2) is 5.06 Å². The topological polar surface area (TPSA) is 32.5 Å². The van der Waals surface area contributed by atoms with E-state index in [1.54, 1.807) is 7.05 Å². The van der Waals surface area contributed by atoms with E-state index in [0.717, 1.165) is 6.54 Å². The van der Waals surface area contributed by atoms with Crippen LogP contribution in [0.1, 0.15) is 18.5 Å². The Hall–Kier alpha value is -1.39. The minimum Gasteiger partial charge on any atom is -0.282 e. The Labute approximate surface area is 102 Å². The molecule has 0 aromatic heterocycles. The van der Waals surface area contributed by atoms with Crippen LogP contribution in [-0.4, -0.2) is 42.6 Å². The standard InChI is InChI=1S/C13H18N2O2/c1-10(11-7-5-4-6-8-11)15-9-12(15)13(16)14(2)17-3/h4-8,10,12H,9H2,1-3H3/t10-,12+,15?/m1/s1. The second-order valence-corrected chi connectivity index (χ2v) is 4.32. The highest BCUT2D eigenvalue weighted by molar-refractivity contribution is 5.83. The fraction of sp³-hybridized carbons (Fsp3) is 0.462. The van der Waals surface area contributed by atoms with E-state index in [9.17, 15) is 4.79 Å². The van der Waals surface area contributed by atoms with Gasteiger partial charge in [0.15, 0.2) is 0 Å². The number of benzene rings is 1. The molecule has 0 N–H and O–H groups in total. The molecule has 1 aliphatic rings. The first-order chi connectivity index (χ1) is 8.15.